The summed E-state index contributed by atoms with van der Waals surface area (Å²) in [6.07, 6.45) is 4.39. The third kappa shape index (κ3) is 5.49. The van der Waals surface area contributed by atoms with Gasteiger partial charge in [-0.3, -0.25) is 19.4 Å². The highest BCUT2D eigenvalue weighted by atomic mass is 16.5. The molecular weight excluding hydrogens is 486 g/mol. The first-order valence-corrected chi connectivity index (χ1v) is 12.9. The second-order valence-electron chi connectivity index (χ2n) is 9.93. The summed E-state index contributed by atoms with van der Waals surface area (Å²) in [7, 11) is 0. The number of aromatic amines is 2. The number of benzene rings is 2. The Morgan fingerprint density at radius 1 is 0.974 bits per heavy atom. The van der Waals surface area contributed by atoms with E-state index in [0.29, 0.717) is 25.9 Å². The summed E-state index contributed by atoms with van der Waals surface area (Å²) >= 11 is 0. The summed E-state index contributed by atoms with van der Waals surface area (Å²) in [6, 6.07) is 15.7. The number of nitrogen functional groups attached to an aromatic ring is 1. The maximum absolute atomic E-state index is 13.2. The Hall–Kier alpha value is -4.34. The van der Waals surface area contributed by atoms with E-state index in [2.05, 4.69) is 21.7 Å². The SMILES string of the molecule is Nc1c(C(=O)N[C@H]2CC[C@@H](C(=O)NC3CCCc4c(OCc5ccccc5)cccc43)C2)[nH]c(=O)[nH]c1=O. The number of hydrogen-bond acceptors (Lipinski definition) is 6. The Morgan fingerprint density at radius 2 is 1.79 bits per heavy atom. The van der Waals surface area contributed by atoms with Gasteiger partial charge in [-0.2, -0.15) is 0 Å². The molecule has 10 nitrogen and oxygen atoms in total. The highest BCUT2D eigenvalue weighted by molar-refractivity contribution is 5.97. The minimum Gasteiger partial charge on any atom is -0.489 e. The Bertz CT molecular complexity index is 1450. The second kappa shape index (κ2) is 11.0. The van der Waals surface area contributed by atoms with Crippen molar-refractivity contribution in [2.24, 2.45) is 5.92 Å². The molecule has 3 atom stereocenters. The molecule has 3 aromatic rings. The molecule has 0 saturated heterocycles. The third-order valence-electron chi connectivity index (χ3n) is 7.36. The number of anilines is 1. The molecular formula is C28H31N5O5. The molecule has 1 saturated carbocycles. The van der Waals surface area contributed by atoms with Crippen molar-refractivity contribution in [1.29, 1.82) is 0 Å². The average Bonchev–Trinajstić information content (AvgIpc) is 3.39. The van der Waals surface area contributed by atoms with Crippen LogP contribution in [0.2, 0.25) is 0 Å². The van der Waals surface area contributed by atoms with Crippen LogP contribution < -0.4 is 32.4 Å². The van der Waals surface area contributed by atoms with Gasteiger partial charge < -0.3 is 26.1 Å². The van der Waals surface area contributed by atoms with E-state index in [4.69, 9.17) is 10.5 Å². The summed E-state index contributed by atoms with van der Waals surface area (Å²) in [5, 5.41) is 6.02. The van der Waals surface area contributed by atoms with E-state index in [1.54, 1.807) is 0 Å². The highest BCUT2D eigenvalue weighted by Crippen LogP contribution is 2.36. The monoisotopic (exact) mass is 517 g/mol. The Labute approximate surface area is 219 Å². The summed E-state index contributed by atoms with van der Waals surface area (Å²) in [5.41, 5.74) is 6.75. The van der Waals surface area contributed by atoms with Crippen LogP contribution in [-0.2, 0) is 17.8 Å². The van der Waals surface area contributed by atoms with Crippen LogP contribution in [0.1, 0.15) is 65.3 Å². The fraction of sp³-hybridized carbons (Fsp3) is 0.357. The zero-order chi connectivity index (χ0) is 26.6. The number of carbonyl (C=O) groups excluding carboxylic acids is 2. The van der Waals surface area contributed by atoms with Crippen LogP contribution in [0, 0.1) is 5.92 Å². The van der Waals surface area contributed by atoms with Crippen LogP contribution >= 0.6 is 0 Å². The first-order valence-electron chi connectivity index (χ1n) is 12.9. The van der Waals surface area contributed by atoms with Gasteiger partial charge in [0.1, 0.15) is 23.7 Å². The van der Waals surface area contributed by atoms with Gasteiger partial charge in [-0.1, -0.05) is 42.5 Å². The summed E-state index contributed by atoms with van der Waals surface area (Å²) in [4.78, 5) is 53.3. The van der Waals surface area contributed by atoms with Crippen molar-refractivity contribution in [3.05, 3.63) is 91.8 Å². The maximum Gasteiger partial charge on any atom is 0.326 e. The fourth-order valence-corrected chi connectivity index (χ4v) is 5.41. The normalized spacial score (nSPS) is 20.4. The molecule has 198 valence electrons. The topological polar surface area (TPSA) is 159 Å². The fourth-order valence-electron chi connectivity index (χ4n) is 5.41. The molecule has 2 aliphatic carbocycles. The quantitative estimate of drug-likeness (QED) is 0.323. The van der Waals surface area contributed by atoms with Gasteiger partial charge in [-0.15, -0.1) is 0 Å². The largest absolute Gasteiger partial charge is 0.489 e. The lowest BCUT2D eigenvalue weighted by Gasteiger charge is -2.29. The summed E-state index contributed by atoms with van der Waals surface area (Å²) in [5.74, 6) is -0.0787. The zero-order valence-electron chi connectivity index (χ0n) is 20.9. The molecule has 2 aromatic carbocycles. The lowest BCUT2D eigenvalue weighted by molar-refractivity contribution is -0.125. The number of nitrogens with two attached hydrogens (primary N) is 1. The number of rotatable bonds is 7. The molecule has 2 aliphatic rings. The van der Waals surface area contributed by atoms with Crippen LogP contribution in [-0.4, -0.2) is 27.8 Å². The third-order valence-corrected chi connectivity index (χ3v) is 7.36. The van der Waals surface area contributed by atoms with E-state index in [1.807, 2.05) is 47.4 Å². The van der Waals surface area contributed by atoms with Gasteiger partial charge in [0.15, 0.2) is 0 Å². The summed E-state index contributed by atoms with van der Waals surface area (Å²) in [6.45, 7) is 0.487. The lowest BCUT2D eigenvalue weighted by atomic mass is 9.86. The number of carbonyl (C=O) groups is 2. The molecule has 0 radical (unpaired) electrons. The van der Waals surface area contributed by atoms with E-state index < -0.39 is 17.2 Å². The van der Waals surface area contributed by atoms with Crippen molar-refractivity contribution < 1.29 is 14.3 Å². The van der Waals surface area contributed by atoms with Gasteiger partial charge >= 0.3 is 5.69 Å². The van der Waals surface area contributed by atoms with E-state index in [0.717, 1.165) is 41.7 Å². The lowest BCUT2D eigenvalue weighted by Crippen LogP contribution is -2.39. The summed E-state index contributed by atoms with van der Waals surface area (Å²) < 4.78 is 6.15. The molecule has 2 amide bonds. The van der Waals surface area contributed by atoms with Crippen LogP contribution in [0.3, 0.4) is 0 Å². The van der Waals surface area contributed by atoms with E-state index in [9.17, 15) is 19.2 Å². The number of H-pyrrole nitrogens is 2. The Balaban J connectivity index is 1.20. The first-order chi connectivity index (χ1) is 18.4. The standard InChI is InChI=1S/C28H31N5O5/c29-23-24(32-28(37)33-26(23)35)27(36)30-18-13-12-17(14-18)25(34)31-21-10-4-9-20-19(21)8-5-11-22(20)38-15-16-6-2-1-3-7-16/h1-3,5-8,11,17-18,21H,4,9-10,12-15,29H2,(H,30,36)(H,31,34)(H2,32,33,35,37)/t17-,18+,21?/m1/s1. The van der Waals surface area contributed by atoms with Crippen LogP contribution in [0.25, 0.3) is 0 Å². The van der Waals surface area contributed by atoms with Crippen molar-refractivity contribution in [2.75, 3.05) is 5.73 Å². The van der Waals surface area contributed by atoms with Crippen molar-refractivity contribution in [3.8, 4) is 5.75 Å². The Morgan fingerprint density at radius 3 is 2.61 bits per heavy atom. The maximum atomic E-state index is 13.2. The predicted octanol–water partition coefficient (Wildman–Crippen LogP) is 2.32. The van der Waals surface area contributed by atoms with Gasteiger partial charge in [0.2, 0.25) is 5.91 Å². The number of amides is 2. The van der Waals surface area contributed by atoms with Crippen molar-refractivity contribution in [3.63, 3.8) is 0 Å². The first kappa shape index (κ1) is 25.3. The number of nitrogens with one attached hydrogen (secondary N) is 4. The minimum atomic E-state index is -0.816. The van der Waals surface area contributed by atoms with Gasteiger partial charge in [-0.05, 0) is 61.3 Å². The minimum absolute atomic E-state index is 0.0423. The molecule has 1 fully saturated rings. The van der Waals surface area contributed by atoms with Crippen molar-refractivity contribution >= 4 is 17.5 Å². The van der Waals surface area contributed by atoms with E-state index >= 15 is 0 Å². The molecule has 0 spiro atoms. The molecule has 5 rings (SSSR count). The van der Waals surface area contributed by atoms with Gasteiger partial charge in [0.05, 0.1) is 6.04 Å². The number of hydrogen-bond donors (Lipinski definition) is 5. The molecule has 10 heteroatoms. The molecule has 1 aromatic heterocycles. The van der Waals surface area contributed by atoms with E-state index in [1.165, 1.54) is 0 Å². The zero-order valence-corrected chi connectivity index (χ0v) is 20.9. The van der Waals surface area contributed by atoms with Gasteiger partial charge in [0.25, 0.3) is 11.5 Å². The molecule has 0 bridgehead atoms. The molecule has 1 heterocycles. The molecule has 38 heavy (non-hydrogen) atoms. The van der Waals surface area contributed by atoms with E-state index in [-0.39, 0.29) is 35.3 Å². The molecule has 1 unspecified atom stereocenters. The highest BCUT2D eigenvalue weighted by Gasteiger charge is 2.33. The number of fused-ring (bicyclic) bond motifs is 1. The smallest absolute Gasteiger partial charge is 0.326 e. The molecule has 6 N–H and O–H groups in total. The van der Waals surface area contributed by atoms with Gasteiger partial charge in [0, 0.05) is 12.0 Å². The number of aromatic nitrogens is 2. The average molecular weight is 518 g/mol. The Kier molecular flexibility index (Phi) is 7.30. The van der Waals surface area contributed by atoms with Crippen LogP contribution in [0.5, 0.6) is 5.75 Å². The number of ether oxygens (including phenoxy) is 1. The van der Waals surface area contributed by atoms with Crippen LogP contribution in [0.4, 0.5) is 5.69 Å². The van der Waals surface area contributed by atoms with Gasteiger partial charge in [-0.25, -0.2) is 4.79 Å². The van der Waals surface area contributed by atoms with Crippen molar-refractivity contribution in [1.82, 2.24) is 20.6 Å². The molecule has 0 aliphatic heterocycles. The predicted molar refractivity (Wildman–Crippen MR) is 142 cm³/mol. The van der Waals surface area contributed by atoms with Crippen LogP contribution in [0.15, 0.2) is 58.1 Å². The second-order valence-corrected chi connectivity index (χ2v) is 9.93. The van der Waals surface area contributed by atoms with Crippen molar-refractivity contribution in [2.45, 2.75) is 57.2 Å².